The molecule has 1 amide bonds. The number of carbonyl (C=O) groups is 1. The predicted octanol–water partition coefficient (Wildman–Crippen LogP) is 5.93. The Morgan fingerprint density at radius 2 is 1.56 bits per heavy atom. The lowest BCUT2D eigenvalue weighted by atomic mass is 10.1. The number of hydrogen-bond acceptors (Lipinski definition) is 3. The fourth-order valence-electron chi connectivity index (χ4n) is 2.19. The van der Waals surface area contributed by atoms with Gasteiger partial charge in [-0.15, -0.1) is 0 Å². The topological polar surface area (TPSA) is 41.6 Å². The number of ether oxygens (including phenoxy) is 1. The average molecular weight is 506 g/mol. The van der Waals surface area contributed by atoms with E-state index in [9.17, 15) is 13.6 Å². The molecule has 0 atom stereocenters. The van der Waals surface area contributed by atoms with Crippen LogP contribution in [0.2, 0.25) is 0 Å². The van der Waals surface area contributed by atoms with Crippen LogP contribution in [0.25, 0.3) is 0 Å². The number of amides is 1. The minimum atomic E-state index is -0.633. The maximum absolute atomic E-state index is 13.4. The molecule has 0 aliphatic rings. The maximum atomic E-state index is 13.4. The molecule has 0 spiro atoms. The zero-order valence-corrected chi connectivity index (χ0v) is 18.3. The van der Waals surface area contributed by atoms with Gasteiger partial charge in [-0.25, -0.2) is 18.6 Å². The van der Waals surface area contributed by atoms with E-state index in [2.05, 4.69) is 37.3 Å². The van der Waals surface area contributed by atoms with Crippen LogP contribution < -0.4 is 5.43 Å². The molecule has 2 aromatic rings. The van der Waals surface area contributed by atoms with E-state index in [0.29, 0.717) is 21.1 Å². The number of hydrazine groups is 1. The van der Waals surface area contributed by atoms with Crippen LogP contribution in [-0.2, 0) is 17.9 Å². The molecule has 0 radical (unpaired) electrons. The molecule has 0 heterocycles. The highest BCUT2D eigenvalue weighted by Gasteiger charge is 2.24. The summed E-state index contributed by atoms with van der Waals surface area (Å²) < 4.78 is 32.6. The van der Waals surface area contributed by atoms with Gasteiger partial charge in [0.2, 0.25) is 0 Å². The van der Waals surface area contributed by atoms with Crippen LogP contribution >= 0.6 is 31.9 Å². The number of nitrogens with one attached hydrogen (secondary N) is 1. The molecule has 0 unspecified atom stereocenters. The van der Waals surface area contributed by atoms with Gasteiger partial charge < -0.3 is 4.74 Å². The highest BCUT2D eigenvalue weighted by Crippen LogP contribution is 2.21. The Morgan fingerprint density at radius 3 is 2.07 bits per heavy atom. The van der Waals surface area contributed by atoms with Crippen LogP contribution in [0.4, 0.5) is 13.6 Å². The number of benzene rings is 2. The van der Waals surface area contributed by atoms with E-state index in [1.54, 1.807) is 29.3 Å². The van der Waals surface area contributed by atoms with Crippen LogP contribution in [0.15, 0.2) is 45.3 Å². The van der Waals surface area contributed by atoms with Crippen LogP contribution in [0, 0.1) is 11.6 Å². The number of carbonyl (C=O) groups excluding carboxylic acids is 1. The zero-order chi connectivity index (χ0) is 20.2. The molecule has 146 valence electrons. The lowest BCUT2D eigenvalue weighted by molar-refractivity contribution is 0.0446. The van der Waals surface area contributed by atoms with Gasteiger partial charge in [0.05, 0.1) is 8.95 Å². The van der Waals surface area contributed by atoms with E-state index in [4.69, 9.17) is 4.74 Å². The molecule has 1 N–H and O–H groups in total. The quantitative estimate of drug-likeness (QED) is 0.512. The highest BCUT2D eigenvalue weighted by atomic mass is 79.9. The van der Waals surface area contributed by atoms with E-state index in [1.165, 1.54) is 12.1 Å². The molecule has 0 aliphatic heterocycles. The highest BCUT2D eigenvalue weighted by molar-refractivity contribution is 9.10. The maximum Gasteiger partial charge on any atom is 0.422 e. The first-order valence-corrected chi connectivity index (χ1v) is 9.74. The fourth-order valence-corrected chi connectivity index (χ4v) is 3.04. The number of hydrogen-bond donors (Lipinski definition) is 1. The van der Waals surface area contributed by atoms with Gasteiger partial charge in [0, 0.05) is 12.1 Å². The molecule has 0 aromatic heterocycles. The molecule has 0 saturated heterocycles. The van der Waals surface area contributed by atoms with E-state index < -0.39 is 11.6 Å². The Balaban J connectivity index is 2.01. The number of nitrogens with zero attached hydrogens (tertiary/aromatic N) is 1. The molecule has 0 aliphatic carbocycles. The summed E-state index contributed by atoms with van der Waals surface area (Å²) in [4.78, 5) is 12.2. The van der Waals surface area contributed by atoms with Gasteiger partial charge in [-0.3, -0.25) is 5.43 Å². The van der Waals surface area contributed by atoms with Gasteiger partial charge in [0.15, 0.2) is 0 Å². The second-order valence-corrected chi connectivity index (χ2v) is 8.65. The fraction of sp³-hybridized carbons (Fsp3) is 0.316. The molecular weight excluding hydrogens is 486 g/mol. The van der Waals surface area contributed by atoms with E-state index in [1.807, 2.05) is 20.8 Å². The molecule has 2 aromatic carbocycles. The monoisotopic (exact) mass is 504 g/mol. The molecule has 2 rings (SSSR count). The molecule has 0 saturated carbocycles. The first-order valence-electron chi connectivity index (χ1n) is 8.15. The second kappa shape index (κ2) is 9.12. The SMILES string of the molecule is CC(C)(C)N(Cc1ccc(F)c(Br)c1)NC(=O)OCc1ccc(F)c(Br)c1. The van der Waals surface area contributed by atoms with Crippen LogP contribution in [0.1, 0.15) is 31.9 Å². The summed E-state index contributed by atoms with van der Waals surface area (Å²) in [7, 11) is 0. The third-order valence-electron chi connectivity index (χ3n) is 3.71. The van der Waals surface area contributed by atoms with Gasteiger partial charge in [0.1, 0.15) is 18.2 Å². The lowest BCUT2D eigenvalue weighted by Gasteiger charge is -2.35. The largest absolute Gasteiger partial charge is 0.444 e. The van der Waals surface area contributed by atoms with Crippen molar-refractivity contribution in [1.82, 2.24) is 10.4 Å². The third-order valence-corrected chi connectivity index (χ3v) is 4.93. The molecule has 8 heteroatoms. The Bertz CT molecular complexity index is 826. The lowest BCUT2D eigenvalue weighted by Crippen LogP contribution is -2.52. The van der Waals surface area contributed by atoms with Crippen molar-refractivity contribution >= 4 is 38.0 Å². The van der Waals surface area contributed by atoms with E-state index in [0.717, 1.165) is 5.56 Å². The first-order chi connectivity index (χ1) is 12.6. The number of rotatable bonds is 5. The van der Waals surface area contributed by atoms with Crippen molar-refractivity contribution < 1.29 is 18.3 Å². The minimum absolute atomic E-state index is 0.00475. The van der Waals surface area contributed by atoms with Crippen molar-refractivity contribution in [3.8, 4) is 0 Å². The van der Waals surface area contributed by atoms with Gasteiger partial charge in [0.25, 0.3) is 0 Å². The predicted molar refractivity (Wildman–Crippen MR) is 107 cm³/mol. The summed E-state index contributed by atoms with van der Waals surface area (Å²) in [6, 6.07) is 9.09. The molecular formula is C19H20Br2F2N2O2. The van der Waals surface area contributed by atoms with E-state index >= 15 is 0 Å². The van der Waals surface area contributed by atoms with Crippen molar-refractivity contribution in [2.45, 2.75) is 39.5 Å². The summed E-state index contributed by atoms with van der Waals surface area (Å²) in [5.74, 6) is -0.730. The van der Waals surface area contributed by atoms with Gasteiger partial charge in [-0.05, 0) is 88.0 Å². The normalized spacial score (nSPS) is 11.6. The van der Waals surface area contributed by atoms with Gasteiger partial charge in [-0.1, -0.05) is 12.1 Å². The van der Waals surface area contributed by atoms with Crippen LogP contribution in [-0.4, -0.2) is 16.6 Å². The van der Waals surface area contributed by atoms with Crippen molar-refractivity contribution in [1.29, 1.82) is 0 Å². The van der Waals surface area contributed by atoms with Crippen molar-refractivity contribution in [3.63, 3.8) is 0 Å². The summed E-state index contributed by atoms with van der Waals surface area (Å²) >= 11 is 6.26. The Hall–Kier alpha value is -1.51. The minimum Gasteiger partial charge on any atom is -0.444 e. The standard InChI is InChI=1S/C19H20Br2F2N2O2/c1-19(2,3)25(10-12-4-6-16(22)14(20)8-12)24-18(26)27-11-13-5-7-17(23)15(21)9-13/h4-9H,10-11H2,1-3H3,(H,24,26). The van der Waals surface area contributed by atoms with Crippen molar-refractivity contribution in [3.05, 3.63) is 68.1 Å². The molecule has 4 nitrogen and oxygen atoms in total. The zero-order valence-electron chi connectivity index (χ0n) is 15.2. The smallest absolute Gasteiger partial charge is 0.422 e. The average Bonchev–Trinajstić information content (AvgIpc) is 2.58. The van der Waals surface area contributed by atoms with Crippen molar-refractivity contribution in [2.24, 2.45) is 0 Å². The van der Waals surface area contributed by atoms with Crippen LogP contribution in [0.5, 0.6) is 0 Å². The summed E-state index contributed by atoms with van der Waals surface area (Å²) in [6.07, 6.45) is -0.633. The second-order valence-electron chi connectivity index (χ2n) is 6.94. The van der Waals surface area contributed by atoms with Crippen LogP contribution in [0.3, 0.4) is 0 Å². The summed E-state index contributed by atoms with van der Waals surface area (Å²) in [5, 5.41) is 1.70. The van der Waals surface area contributed by atoms with Gasteiger partial charge >= 0.3 is 6.09 Å². The van der Waals surface area contributed by atoms with E-state index in [-0.39, 0.29) is 18.2 Å². The first kappa shape index (κ1) is 21.8. The Morgan fingerprint density at radius 1 is 1.04 bits per heavy atom. The number of halogens is 4. The molecule has 0 bridgehead atoms. The van der Waals surface area contributed by atoms with Crippen molar-refractivity contribution in [2.75, 3.05) is 0 Å². The molecule has 0 fully saturated rings. The Labute approximate surface area is 174 Å². The third kappa shape index (κ3) is 6.55. The Kier molecular flexibility index (Phi) is 7.36. The summed E-state index contributed by atoms with van der Waals surface area (Å²) in [5.41, 5.74) is 3.79. The van der Waals surface area contributed by atoms with Gasteiger partial charge in [-0.2, -0.15) is 0 Å². The molecule has 27 heavy (non-hydrogen) atoms. The summed E-state index contributed by atoms with van der Waals surface area (Å²) in [6.45, 7) is 6.17.